The quantitative estimate of drug-likeness (QED) is 0.722. The first-order valence-corrected chi connectivity index (χ1v) is 7.53. The minimum absolute atomic E-state index is 0.00899. The second-order valence-electron chi connectivity index (χ2n) is 5.86. The fourth-order valence-electron chi connectivity index (χ4n) is 3.37. The van der Waals surface area contributed by atoms with Crippen LogP contribution in [0.3, 0.4) is 0 Å². The van der Waals surface area contributed by atoms with Gasteiger partial charge in [0.05, 0.1) is 0 Å². The second-order valence-corrected chi connectivity index (χ2v) is 5.86. The maximum atomic E-state index is 11.7. The van der Waals surface area contributed by atoms with E-state index in [0.717, 1.165) is 32.4 Å². The van der Waals surface area contributed by atoms with E-state index in [-0.39, 0.29) is 6.03 Å². The highest BCUT2D eigenvalue weighted by molar-refractivity contribution is 5.74. The van der Waals surface area contributed by atoms with Gasteiger partial charge in [-0.3, -0.25) is 0 Å². The Kier molecular flexibility index (Phi) is 4.87. The van der Waals surface area contributed by atoms with Gasteiger partial charge in [-0.2, -0.15) is 0 Å². The molecule has 1 saturated carbocycles. The zero-order chi connectivity index (χ0) is 12.8. The van der Waals surface area contributed by atoms with Crippen molar-refractivity contribution in [3.63, 3.8) is 0 Å². The van der Waals surface area contributed by atoms with E-state index in [4.69, 9.17) is 0 Å². The van der Waals surface area contributed by atoms with Crippen LogP contribution in [0.4, 0.5) is 4.79 Å². The van der Waals surface area contributed by atoms with Gasteiger partial charge in [0.25, 0.3) is 0 Å². The van der Waals surface area contributed by atoms with Crippen molar-refractivity contribution >= 4 is 6.03 Å². The monoisotopic (exact) mass is 253 g/mol. The normalized spacial score (nSPS) is 26.8. The lowest BCUT2D eigenvalue weighted by molar-refractivity contribution is 0.157. The fraction of sp³-hybridized carbons (Fsp3) is 0.929. The third kappa shape index (κ3) is 3.61. The minimum atomic E-state index is 0.00899. The molecule has 1 aliphatic heterocycles. The van der Waals surface area contributed by atoms with Crippen LogP contribution >= 0.6 is 0 Å². The van der Waals surface area contributed by atoms with E-state index in [1.165, 1.54) is 32.1 Å². The molecule has 4 nitrogen and oxygen atoms in total. The summed E-state index contributed by atoms with van der Waals surface area (Å²) in [5.74, 6) is 0. The van der Waals surface area contributed by atoms with Crippen molar-refractivity contribution in [3.05, 3.63) is 0 Å². The van der Waals surface area contributed by atoms with E-state index in [1.54, 1.807) is 0 Å². The smallest absolute Gasteiger partial charge is 0.315 e. The fourth-order valence-corrected chi connectivity index (χ4v) is 3.37. The number of rotatable bonds is 3. The molecule has 18 heavy (non-hydrogen) atoms. The summed E-state index contributed by atoms with van der Waals surface area (Å²) in [7, 11) is 0. The number of hydrogen-bond donors (Lipinski definition) is 3. The van der Waals surface area contributed by atoms with Crippen LogP contribution in [0.15, 0.2) is 0 Å². The van der Waals surface area contributed by atoms with Gasteiger partial charge in [-0.1, -0.05) is 26.2 Å². The molecule has 4 heteroatoms. The first-order valence-electron chi connectivity index (χ1n) is 7.53. The molecule has 2 aliphatic rings. The van der Waals surface area contributed by atoms with Gasteiger partial charge in [0.15, 0.2) is 0 Å². The number of urea groups is 1. The van der Waals surface area contributed by atoms with Gasteiger partial charge in [-0.15, -0.1) is 0 Å². The molecule has 1 spiro atoms. The van der Waals surface area contributed by atoms with Crippen molar-refractivity contribution in [2.45, 2.75) is 69.9 Å². The van der Waals surface area contributed by atoms with Crippen LogP contribution in [0, 0.1) is 0 Å². The third-order valence-electron chi connectivity index (χ3n) is 4.31. The van der Waals surface area contributed by atoms with Crippen LogP contribution < -0.4 is 16.0 Å². The lowest BCUT2D eigenvalue weighted by atomic mass is 9.75. The van der Waals surface area contributed by atoms with Crippen LogP contribution in [0.1, 0.15) is 58.3 Å². The average molecular weight is 253 g/mol. The van der Waals surface area contributed by atoms with Crippen LogP contribution in [0.2, 0.25) is 0 Å². The van der Waals surface area contributed by atoms with E-state index in [0.29, 0.717) is 11.6 Å². The van der Waals surface area contributed by atoms with E-state index >= 15 is 0 Å². The predicted molar refractivity (Wildman–Crippen MR) is 73.7 cm³/mol. The summed E-state index contributed by atoms with van der Waals surface area (Å²) in [6.45, 7) is 3.88. The third-order valence-corrected chi connectivity index (χ3v) is 4.31. The molecule has 1 unspecified atom stereocenters. The van der Waals surface area contributed by atoms with Crippen LogP contribution in [0.5, 0.6) is 0 Å². The summed E-state index contributed by atoms with van der Waals surface area (Å²) in [4.78, 5) is 11.7. The largest absolute Gasteiger partial charge is 0.338 e. The van der Waals surface area contributed by atoms with E-state index in [2.05, 4.69) is 22.9 Å². The van der Waals surface area contributed by atoms with Crippen LogP contribution in [-0.2, 0) is 0 Å². The Labute approximate surface area is 110 Å². The number of carbonyl (C=O) groups excluding carboxylic acids is 1. The number of nitrogens with one attached hydrogen (secondary N) is 3. The average Bonchev–Trinajstić information content (AvgIpc) is 2.37. The Morgan fingerprint density at radius 2 is 2.11 bits per heavy atom. The SMILES string of the molecule is CCCNC(=O)NC1CCNC2(CCCCC2)C1. The summed E-state index contributed by atoms with van der Waals surface area (Å²) in [6.07, 6.45) is 9.75. The summed E-state index contributed by atoms with van der Waals surface area (Å²) < 4.78 is 0. The molecule has 2 rings (SSSR count). The molecular weight excluding hydrogens is 226 g/mol. The molecule has 1 aliphatic carbocycles. The molecule has 104 valence electrons. The zero-order valence-corrected chi connectivity index (χ0v) is 11.6. The molecule has 2 amide bonds. The Morgan fingerprint density at radius 1 is 1.33 bits per heavy atom. The molecule has 0 aromatic rings. The predicted octanol–water partition coefficient (Wildman–Crippen LogP) is 2.15. The molecular formula is C14H27N3O. The molecule has 0 radical (unpaired) electrons. The molecule has 3 N–H and O–H groups in total. The first-order chi connectivity index (χ1) is 8.74. The van der Waals surface area contributed by atoms with Crippen molar-refractivity contribution < 1.29 is 4.79 Å². The van der Waals surface area contributed by atoms with Crippen molar-refractivity contribution in [3.8, 4) is 0 Å². The maximum Gasteiger partial charge on any atom is 0.315 e. The van der Waals surface area contributed by atoms with Gasteiger partial charge in [-0.25, -0.2) is 4.79 Å². The van der Waals surface area contributed by atoms with Crippen molar-refractivity contribution in [2.24, 2.45) is 0 Å². The van der Waals surface area contributed by atoms with Crippen molar-refractivity contribution in [2.75, 3.05) is 13.1 Å². The van der Waals surface area contributed by atoms with Crippen molar-refractivity contribution in [1.29, 1.82) is 0 Å². The Morgan fingerprint density at radius 3 is 2.83 bits per heavy atom. The Bertz CT molecular complexity index is 269. The van der Waals surface area contributed by atoms with Gasteiger partial charge >= 0.3 is 6.03 Å². The van der Waals surface area contributed by atoms with Gasteiger partial charge in [0.2, 0.25) is 0 Å². The van der Waals surface area contributed by atoms with Gasteiger partial charge < -0.3 is 16.0 Å². The molecule has 0 bridgehead atoms. The van der Waals surface area contributed by atoms with Crippen LogP contribution in [0.25, 0.3) is 0 Å². The highest BCUT2D eigenvalue weighted by Crippen LogP contribution is 2.34. The summed E-state index contributed by atoms with van der Waals surface area (Å²) in [6, 6.07) is 0.357. The highest BCUT2D eigenvalue weighted by Gasteiger charge is 2.37. The van der Waals surface area contributed by atoms with Gasteiger partial charge in [-0.05, 0) is 38.6 Å². The number of piperidine rings is 1. The van der Waals surface area contributed by atoms with E-state index in [9.17, 15) is 4.79 Å². The maximum absolute atomic E-state index is 11.7. The highest BCUT2D eigenvalue weighted by atomic mass is 16.2. The molecule has 0 aromatic carbocycles. The Hall–Kier alpha value is -0.770. The summed E-state index contributed by atoms with van der Waals surface area (Å²) >= 11 is 0. The standard InChI is InChI=1S/C14H27N3O/c1-2-9-15-13(18)17-12-6-10-16-14(11-12)7-4-3-5-8-14/h12,16H,2-11H2,1H3,(H2,15,17,18). The minimum Gasteiger partial charge on any atom is -0.338 e. The topological polar surface area (TPSA) is 53.2 Å². The van der Waals surface area contributed by atoms with E-state index < -0.39 is 0 Å². The first kappa shape index (κ1) is 13.7. The molecule has 2 fully saturated rings. The van der Waals surface area contributed by atoms with Gasteiger partial charge in [0, 0.05) is 18.1 Å². The van der Waals surface area contributed by atoms with E-state index in [1.807, 2.05) is 0 Å². The lowest BCUT2D eigenvalue weighted by Crippen LogP contribution is -2.58. The number of amides is 2. The molecule has 1 heterocycles. The number of hydrogen-bond acceptors (Lipinski definition) is 2. The Balaban J connectivity index is 1.80. The summed E-state index contributed by atoms with van der Waals surface area (Å²) in [5, 5.41) is 9.74. The van der Waals surface area contributed by atoms with Crippen LogP contribution in [-0.4, -0.2) is 30.7 Å². The lowest BCUT2D eigenvalue weighted by Gasteiger charge is -2.44. The molecule has 1 saturated heterocycles. The van der Waals surface area contributed by atoms with Crippen molar-refractivity contribution in [1.82, 2.24) is 16.0 Å². The second kappa shape index (κ2) is 6.41. The molecule has 0 aromatic heterocycles. The summed E-state index contributed by atoms with van der Waals surface area (Å²) in [5.41, 5.74) is 0.319. The molecule has 1 atom stereocenters. The number of carbonyl (C=O) groups is 1. The van der Waals surface area contributed by atoms with Gasteiger partial charge in [0.1, 0.15) is 0 Å². The zero-order valence-electron chi connectivity index (χ0n) is 11.6.